The summed E-state index contributed by atoms with van der Waals surface area (Å²) in [6.07, 6.45) is 0. The molecule has 0 radical (unpaired) electrons. The lowest BCUT2D eigenvalue weighted by Crippen LogP contribution is -2.41. The Balaban J connectivity index is 1.82. The highest BCUT2D eigenvalue weighted by Crippen LogP contribution is 2.29. The number of ether oxygens (including phenoxy) is 1. The second-order valence-electron chi connectivity index (χ2n) is 6.65. The zero-order chi connectivity index (χ0) is 18.1. The smallest absolute Gasteiger partial charge is 0.291 e. The highest BCUT2D eigenvalue weighted by atomic mass is 32.2. The number of fused-ring (bicyclic) bond motifs is 1. The average Bonchev–Trinajstić information content (AvgIpc) is 2.67. The fraction of sp³-hybridized carbons (Fsp3) is 0.556. The first-order chi connectivity index (χ1) is 12.6. The highest BCUT2D eigenvalue weighted by molar-refractivity contribution is 7.99. The third kappa shape index (κ3) is 3.35. The van der Waals surface area contributed by atoms with Gasteiger partial charge in [-0.05, 0) is 25.5 Å². The molecule has 0 saturated carbocycles. The fourth-order valence-corrected chi connectivity index (χ4v) is 4.37. The van der Waals surface area contributed by atoms with Crippen LogP contribution >= 0.6 is 11.8 Å². The standard InChI is InChI=1S/C18H23N5O2S/c1-12-11-13(2)19-15-14(12)17(22-5-9-26-10-6-22)21-16(20-15)18(24)23-3-7-25-8-4-23/h11H,3-10H2,1-2H3. The topological polar surface area (TPSA) is 71.5 Å². The number of amides is 1. The molecule has 2 saturated heterocycles. The van der Waals surface area contributed by atoms with E-state index in [-0.39, 0.29) is 11.7 Å². The molecule has 7 nitrogen and oxygen atoms in total. The van der Waals surface area contributed by atoms with Crippen LogP contribution in [0.2, 0.25) is 0 Å². The van der Waals surface area contributed by atoms with Gasteiger partial charge < -0.3 is 14.5 Å². The summed E-state index contributed by atoms with van der Waals surface area (Å²) in [6, 6.07) is 2.05. The summed E-state index contributed by atoms with van der Waals surface area (Å²) in [5, 5.41) is 0.959. The van der Waals surface area contributed by atoms with Gasteiger partial charge in [-0.3, -0.25) is 4.79 Å². The molecule has 0 aromatic carbocycles. The summed E-state index contributed by atoms with van der Waals surface area (Å²) in [5.41, 5.74) is 2.62. The number of anilines is 1. The molecule has 26 heavy (non-hydrogen) atoms. The lowest BCUT2D eigenvalue weighted by Gasteiger charge is -2.30. The van der Waals surface area contributed by atoms with Crippen LogP contribution in [0.4, 0.5) is 5.82 Å². The van der Waals surface area contributed by atoms with Gasteiger partial charge in [-0.2, -0.15) is 11.8 Å². The number of rotatable bonds is 2. The van der Waals surface area contributed by atoms with Gasteiger partial charge in [0.1, 0.15) is 5.82 Å². The summed E-state index contributed by atoms with van der Waals surface area (Å²) < 4.78 is 5.35. The predicted molar refractivity (Wildman–Crippen MR) is 103 cm³/mol. The van der Waals surface area contributed by atoms with E-state index in [1.807, 2.05) is 18.7 Å². The Morgan fingerprint density at radius 2 is 1.81 bits per heavy atom. The minimum absolute atomic E-state index is 0.135. The maximum atomic E-state index is 12.9. The van der Waals surface area contributed by atoms with Crippen LogP contribution < -0.4 is 4.90 Å². The molecule has 2 fully saturated rings. The molecule has 138 valence electrons. The number of carbonyl (C=O) groups excluding carboxylic acids is 1. The van der Waals surface area contributed by atoms with E-state index in [0.29, 0.717) is 32.0 Å². The van der Waals surface area contributed by atoms with Crippen molar-refractivity contribution in [2.45, 2.75) is 13.8 Å². The van der Waals surface area contributed by atoms with Gasteiger partial charge in [0.2, 0.25) is 5.82 Å². The van der Waals surface area contributed by atoms with Crippen LogP contribution in [0.3, 0.4) is 0 Å². The summed E-state index contributed by atoms with van der Waals surface area (Å²) in [4.78, 5) is 30.8. The van der Waals surface area contributed by atoms with Crippen molar-refractivity contribution >= 4 is 34.5 Å². The molecule has 2 aliphatic rings. The van der Waals surface area contributed by atoms with E-state index in [9.17, 15) is 4.79 Å². The first kappa shape index (κ1) is 17.5. The van der Waals surface area contributed by atoms with Crippen LogP contribution in [-0.4, -0.2) is 76.7 Å². The van der Waals surface area contributed by atoms with Crippen LogP contribution in [0.5, 0.6) is 0 Å². The van der Waals surface area contributed by atoms with Crippen LogP contribution in [0.1, 0.15) is 21.9 Å². The molecule has 2 aromatic rings. The quantitative estimate of drug-likeness (QED) is 0.793. The minimum atomic E-state index is -0.135. The first-order valence-corrected chi connectivity index (χ1v) is 10.1. The zero-order valence-electron chi connectivity index (χ0n) is 15.2. The summed E-state index contributed by atoms with van der Waals surface area (Å²) >= 11 is 1.95. The van der Waals surface area contributed by atoms with Crippen LogP contribution in [0.15, 0.2) is 6.07 Å². The van der Waals surface area contributed by atoms with E-state index in [1.54, 1.807) is 4.90 Å². The van der Waals surface area contributed by atoms with Crippen molar-refractivity contribution in [3.8, 4) is 0 Å². The number of thioether (sulfide) groups is 1. The van der Waals surface area contributed by atoms with Crippen LogP contribution in [-0.2, 0) is 4.74 Å². The van der Waals surface area contributed by atoms with Gasteiger partial charge >= 0.3 is 0 Å². The number of aryl methyl sites for hydroxylation is 2. The second-order valence-corrected chi connectivity index (χ2v) is 7.88. The Morgan fingerprint density at radius 3 is 2.54 bits per heavy atom. The molecule has 2 aromatic heterocycles. The molecule has 0 aliphatic carbocycles. The third-order valence-electron chi connectivity index (χ3n) is 4.77. The number of carbonyl (C=O) groups is 1. The summed E-state index contributed by atoms with van der Waals surface area (Å²) in [5.74, 6) is 3.08. The van der Waals surface area contributed by atoms with Gasteiger partial charge in [-0.15, -0.1) is 0 Å². The summed E-state index contributed by atoms with van der Waals surface area (Å²) in [6.45, 7) is 8.15. The minimum Gasteiger partial charge on any atom is -0.378 e. The SMILES string of the molecule is Cc1cc(C)c2c(N3CCSCC3)nc(C(=O)N3CCOCC3)nc2n1. The van der Waals surface area contributed by atoms with Gasteiger partial charge in [-0.1, -0.05) is 0 Å². The van der Waals surface area contributed by atoms with Crippen LogP contribution in [0.25, 0.3) is 11.0 Å². The Hall–Kier alpha value is -1.93. The molecule has 4 rings (SSSR count). The van der Waals surface area contributed by atoms with Gasteiger partial charge in [0.25, 0.3) is 5.91 Å². The van der Waals surface area contributed by atoms with Crippen molar-refractivity contribution in [2.24, 2.45) is 0 Å². The molecular formula is C18H23N5O2S. The number of pyridine rings is 1. The number of nitrogens with zero attached hydrogens (tertiary/aromatic N) is 5. The molecule has 0 N–H and O–H groups in total. The number of hydrogen-bond donors (Lipinski definition) is 0. The molecular weight excluding hydrogens is 350 g/mol. The summed E-state index contributed by atoms with van der Waals surface area (Å²) in [7, 11) is 0. The van der Waals surface area contributed by atoms with E-state index >= 15 is 0 Å². The number of morpholine rings is 1. The van der Waals surface area contributed by atoms with Crippen molar-refractivity contribution in [2.75, 3.05) is 55.8 Å². The second kappa shape index (κ2) is 7.36. The van der Waals surface area contributed by atoms with Crippen molar-refractivity contribution in [1.29, 1.82) is 0 Å². The van der Waals surface area contributed by atoms with Crippen LogP contribution in [0, 0.1) is 13.8 Å². The van der Waals surface area contributed by atoms with Gasteiger partial charge in [-0.25, -0.2) is 15.0 Å². The molecule has 0 spiro atoms. The van der Waals surface area contributed by atoms with Crippen molar-refractivity contribution in [1.82, 2.24) is 19.9 Å². The Kier molecular flexibility index (Phi) is 4.95. The third-order valence-corrected chi connectivity index (χ3v) is 5.72. The van der Waals surface area contributed by atoms with Crippen molar-refractivity contribution < 1.29 is 9.53 Å². The predicted octanol–water partition coefficient (Wildman–Crippen LogP) is 1.67. The molecule has 0 bridgehead atoms. The van der Waals surface area contributed by atoms with Crippen molar-refractivity contribution in [3.05, 3.63) is 23.1 Å². The zero-order valence-corrected chi connectivity index (χ0v) is 16.0. The van der Waals surface area contributed by atoms with E-state index in [1.165, 1.54) is 0 Å². The van der Waals surface area contributed by atoms with E-state index in [0.717, 1.165) is 47.1 Å². The molecule has 0 unspecified atom stereocenters. The molecule has 2 aliphatic heterocycles. The Labute approximate surface area is 157 Å². The van der Waals surface area contributed by atoms with Gasteiger partial charge in [0.05, 0.1) is 18.6 Å². The molecule has 8 heteroatoms. The lowest BCUT2D eigenvalue weighted by atomic mass is 10.1. The fourth-order valence-electron chi connectivity index (χ4n) is 3.46. The van der Waals surface area contributed by atoms with E-state index in [4.69, 9.17) is 9.72 Å². The van der Waals surface area contributed by atoms with Crippen molar-refractivity contribution in [3.63, 3.8) is 0 Å². The monoisotopic (exact) mass is 373 g/mol. The normalized spacial score (nSPS) is 18.4. The van der Waals surface area contributed by atoms with E-state index in [2.05, 4.69) is 27.9 Å². The average molecular weight is 373 g/mol. The Morgan fingerprint density at radius 1 is 1.08 bits per heavy atom. The maximum absolute atomic E-state index is 12.9. The number of hydrogen-bond acceptors (Lipinski definition) is 7. The number of aromatic nitrogens is 3. The molecule has 0 atom stereocenters. The maximum Gasteiger partial charge on any atom is 0.291 e. The first-order valence-electron chi connectivity index (χ1n) is 8.99. The van der Waals surface area contributed by atoms with Gasteiger partial charge in [0.15, 0.2) is 5.65 Å². The van der Waals surface area contributed by atoms with Gasteiger partial charge in [0, 0.05) is 43.4 Å². The largest absolute Gasteiger partial charge is 0.378 e. The lowest BCUT2D eigenvalue weighted by molar-refractivity contribution is 0.0295. The highest BCUT2D eigenvalue weighted by Gasteiger charge is 2.25. The molecule has 4 heterocycles. The Bertz CT molecular complexity index is 832. The molecule has 1 amide bonds. The van der Waals surface area contributed by atoms with E-state index < -0.39 is 0 Å².